The molecule has 2 aromatic rings. The maximum absolute atomic E-state index is 13.9. The molecule has 2 aliphatic rings. The van der Waals surface area contributed by atoms with E-state index in [1.807, 2.05) is 13.8 Å². The highest BCUT2D eigenvalue weighted by Gasteiger charge is 2.59. The molecule has 0 radical (unpaired) electrons. The summed E-state index contributed by atoms with van der Waals surface area (Å²) in [5.41, 5.74) is 0.814. The van der Waals surface area contributed by atoms with Crippen molar-refractivity contribution in [2.45, 2.75) is 37.9 Å². The Bertz CT molecular complexity index is 1090. The summed E-state index contributed by atoms with van der Waals surface area (Å²) in [6, 6.07) is 10.2. The predicted octanol–water partition coefficient (Wildman–Crippen LogP) is 5.04. The molecule has 4 rings (SSSR count). The number of hydrogen-bond donors (Lipinski definition) is 0. The molecule has 33 heavy (non-hydrogen) atoms. The number of ether oxygens (including phenoxy) is 1. The minimum Gasteiger partial charge on any atom is -0.497 e. The average Bonchev–Trinajstić information content (AvgIpc) is 3.30. The van der Waals surface area contributed by atoms with Gasteiger partial charge < -0.3 is 14.5 Å². The summed E-state index contributed by atoms with van der Waals surface area (Å²) >= 11 is 1.39. The molecule has 0 bridgehead atoms. The van der Waals surface area contributed by atoms with Gasteiger partial charge in [0, 0.05) is 24.3 Å². The molecule has 1 spiro atoms. The summed E-state index contributed by atoms with van der Waals surface area (Å²) in [5.74, 6) is 0.831. The number of anilines is 1. The van der Waals surface area contributed by atoms with Gasteiger partial charge in [-0.25, -0.2) is 0 Å². The van der Waals surface area contributed by atoms with E-state index in [0.717, 1.165) is 12.1 Å². The summed E-state index contributed by atoms with van der Waals surface area (Å²) in [7, 11) is 1.52. The lowest BCUT2D eigenvalue weighted by Crippen LogP contribution is -2.50. The van der Waals surface area contributed by atoms with E-state index >= 15 is 0 Å². The second-order valence-electron chi connectivity index (χ2n) is 8.61. The zero-order valence-electron chi connectivity index (χ0n) is 18.6. The van der Waals surface area contributed by atoms with Crippen LogP contribution in [0.5, 0.6) is 5.75 Å². The molecule has 2 heterocycles. The summed E-state index contributed by atoms with van der Waals surface area (Å²) in [4.78, 5) is 28.9. The monoisotopic (exact) mass is 478 g/mol. The fraction of sp³-hybridized carbons (Fsp3) is 0.417. The topological polar surface area (TPSA) is 49.9 Å². The lowest BCUT2D eigenvalue weighted by atomic mass is 10.0. The van der Waals surface area contributed by atoms with Crippen molar-refractivity contribution in [2.75, 3.05) is 24.3 Å². The van der Waals surface area contributed by atoms with Crippen molar-refractivity contribution in [1.29, 1.82) is 0 Å². The van der Waals surface area contributed by atoms with Crippen LogP contribution in [0.2, 0.25) is 0 Å². The Hall–Kier alpha value is -2.68. The average molecular weight is 479 g/mol. The summed E-state index contributed by atoms with van der Waals surface area (Å²) in [6.45, 7) is 4.29. The summed E-state index contributed by atoms with van der Waals surface area (Å²) in [5, 5.41) is 0. The molecule has 2 amide bonds. The Kier molecular flexibility index (Phi) is 6.11. The van der Waals surface area contributed by atoms with Gasteiger partial charge in [-0.05, 0) is 41.8 Å². The van der Waals surface area contributed by atoms with Crippen molar-refractivity contribution < 1.29 is 27.5 Å². The Balaban J connectivity index is 1.78. The number of hydrogen-bond acceptors (Lipinski definition) is 4. The number of thioether (sulfide) groups is 1. The van der Waals surface area contributed by atoms with Crippen LogP contribution in [0.15, 0.2) is 42.5 Å². The van der Waals surface area contributed by atoms with Crippen LogP contribution in [0.25, 0.3) is 0 Å². The molecule has 1 atom stereocenters. The highest BCUT2D eigenvalue weighted by molar-refractivity contribution is 8.01. The van der Waals surface area contributed by atoms with Crippen LogP contribution in [0, 0.1) is 5.92 Å². The SMILES string of the molecule is COc1ccc2c(c1)C1(SCCN1C(=O)CC(C)C)C(=O)N2Cc1cccc(C(F)(F)F)c1. The number of carbonyl (C=O) groups excluding carboxylic acids is 2. The van der Waals surface area contributed by atoms with Crippen molar-refractivity contribution in [1.82, 2.24) is 4.90 Å². The van der Waals surface area contributed by atoms with E-state index in [4.69, 9.17) is 4.74 Å². The molecule has 1 saturated heterocycles. The van der Waals surface area contributed by atoms with E-state index in [-0.39, 0.29) is 24.3 Å². The highest BCUT2D eigenvalue weighted by Crippen LogP contribution is 2.55. The van der Waals surface area contributed by atoms with Gasteiger partial charge in [-0.3, -0.25) is 9.59 Å². The smallest absolute Gasteiger partial charge is 0.416 e. The Morgan fingerprint density at radius 2 is 1.97 bits per heavy atom. The van der Waals surface area contributed by atoms with Crippen LogP contribution in [0.1, 0.15) is 37.0 Å². The number of nitrogens with zero attached hydrogens (tertiary/aromatic N) is 2. The lowest BCUT2D eigenvalue weighted by molar-refractivity contribution is -0.140. The molecule has 0 saturated carbocycles. The largest absolute Gasteiger partial charge is 0.497 e. The van der Waals surface area contributed by atoms with Crippen LogP contribution >= 0.6 is 11.8 Å². The van der Waals surface area contributed by atoms with E-state index in [9.17, 15) is 22.8 Å². The number of alkyl halides is 3. The van der Waals surface area contributed by atoms with Crippen molar-refractivity contribution in [2.24, 2.45) is 5.92 Å². The number of halogens is 3. The van der Waals surface area contributed by atoms with Crippen molar-refractivity contribution >= 4 is 29.3 Å². The lowest BCUT2D eigenvalue weighted by Gasteiger charge is -2.33. The van der Waals surface area contributed by atoms with Gasteiger partial charge in [0.25, 0.3) is 5.91 Å². The minimum absolute atomic E-state index is 0.0311. The van der Waals surface area contributed by atoms with E-state index in [2.05, 4.69) is 0 Å². The second-order valence-corrected chi connectivity index (χ2v) is 9.90. The van der Waals surface area contributed by atoms with Crippen LogP contribution in [0.4, 0.5) is 18.9 Å². The van der Waals surface area contributed by atoms with Gasteiger partial charge in [-0.2, -0.15) is 13.2 Å². The fourth-order valence-electron chi connectivity index (χ4n) is 4.42. The molecule has 2 aromatic carbocycles. The fourth-order valence-corrected chi connectivity index (χ4v) is 5.89. The van der Waals surface area contributed by atoms with Gasteiger partial charge in [0.05, 0.1) is 24.9 Å². The number of fused-ring (bicyclic) bond motifs is 2. The number of benzene rings is 2. The Labute approximate surface area is 194 Å². The van der Waals surface area contributed by atoms with Gasteiger partial charge in [0.2, 0.25) is 5.91 Å². The maximum Gasteiger partial charge on any atom is 0.416 e. The molecule has 2 aliphatic heterocycles. The third-order valence-corrected chi connectivity index (χ3v) is 7.30. The predicted molar refractivity (Wildman–Crippen MR) is 121 cm³/mol. The number of carbonyl (C=O) groups is 2. The molecule has 0 N–H and O–H groups in total. The van der Waals surface area contributed by atoms with Crippen LogP contribution < -0.4 is 9.64 Å². The van der Waals surface area contributed by atoms with E-state index in [0.29, 0.717) is 41.3 Å². The molecule has 9 heteroatoms. The zero-order valence-corrected chi connectivity index (χ0v) is 19.4. The minimum atomic E-state index is -4.47. The van der Waals surface area contributed by atoms with E-state index in [1.54, 1.807) is 29.2 Å². The van der Waals surface area contributed by atoms with Gasteiger partial charge in [0.15, 0.2) is 4.87 Å². The number of amides is 2. The van der Waals surface area contributed by atoms with Crippen LogP contribution in [0.3, 0.4) is 0 Å². The van der Waals surface area contributed by atoms with E-state index in [1.165, 1.54) is 29.8 Å². The van der Waals surface area contributed by atoms with Gasteiger partial charge >= 0.3 is 6.18 Å². The normalized spacial score (nSPS) is 20.2. The van der Waals surface area contributed by atoms with E-state index < -0.39 is 16.6 Å². The molecule has 0 aliphatic carbocycles. The van der Waals surface area contributed by atoms with Gasteiger partial charge in [-0.15, -0.1) is 11.8 Å². The molecule has 1 unspecified atom stereocenters. The van der Waals surface area contributed by atoms with Crippen molar-refractivity contribution in [3.63, 3.8) is 0 Å². The molecular weight excluding hydrogens is 453 g/mol. The molecule has 176 valence electrons. The second kappa shape index (κ2) is 8.59. The quantitative estimate of drug-likeness (QED) is 0.605. The molecule has 5 nitrogen and oxygen atoms in total. The van der Waals surface area contributed by atoms with Gasteiger partial charge in [-0.1, -0.05) is 26.0 Å². The van der Waals surface area contributed by atoms with Gasteiger partial charge in [0.1, 0.15) is 5.75 Å². The van der Waals surface area contributed by atoms with Crippen molar-refractivity contribution in [3.8, 4) is 5.75 Å². The Morgan fingerprint density at radius 3 is 2.64 bits per heavy atom. The van der Waals surface area contributed by atoms with Crippen molar-refractivity contribution in [3.05, 3.63) is 59.2 Å². The third kappa shape index (κ3) is 4.07. The number of rotatable bonds is 5. The summed E-state index contributed by atoms with van der Waals surface area (Å²) in [6.07, 6.45) is -4.17. The maximum atomic E-state index is 13.9. The zero-order chi connectivity index (χ0) is 24.0. The van der Waals surface area contributed by atoms with Crippen LogP contribution in [-0.4, -0.2) is 36.1 Å². The first kappa shape index (κ1) is 23.5. The first-order valence-corrected chi connectivity index (χ1v) is 11.7. The Morgan fingerprint density at radius 1 is 1.21 bits per heavy atom. The molecular formula is C24H25F3N2O3S. The standard InChI is InChI=1S/C24H25F3N2O3S/c1-15(2)11-21(30)29-9-10-33-23(29)19-13-18(32-3)7-8-20(19)28(22(23)31)14-16-5-4-6-17(12-16)24(25,26)27/h4-8,12-13,15H,9-11,14H2,1-3H3. The highest BCUT2D eigenvalue weighted by atomic mass is 32.2. The first-order chi connectivity index (χ1) is 15.6. The van der Waals surface area contributed by atoms with Crippen LogP contribution in [-0.2, 0) is 27.2 Å². The third-order valence-electron chi connectivity index (χ3n) is 5.88. The molecule has 0 aromatic heterocycles. The first-order valence-electron chi connectivity index (χ1n) is 10.7. The summed E-state index contributed by atoms with van der Waals surface area (Å²) < 4.78 is 45.0. The molecule has 1 fully saturated rings. The number of methoxy groups -OCH3 is 1.